The molecule has 1 aliphatic rings. The number of carbonyl (C=O) groups is 1. The Balaban J connectivity index is 2.09. The summed E-state index contributed by atoms with van der Waals surface area (Å²) in [4.78, 5) is 14.1. The van der Waals surface area contributed by atoms with E-state index in [0.717, 1.165) is 5.69 Å². The van der Waals surface area contributed by atoms with Crippen LogP contribution in [-0.4, -0.2) is 65.7 Å². The maximum Gasteiger partial charge on any atom is 0.272 e. The summed E-state index contributed by atoms with van der Waals surface area (Å²) in [6, 6.07) is 1.77. The van der Waals surface area contributed by atoms with Gasteiger partial charge in [-0.2, -0.15) is 9.40 Å². The van der Waals surface area contributed by atoms with Crippen LogP contribution in [0.2, 0.25) is 0 Å². The highest BCUT2D eigenvalue weighted by Crippen LogP contribution is 2.12. The number of nitrogens with zero attached hydrogens (tertiary/aromatic N) is 4. The predicted octanol–water partition coefficient (Wildman–Crippen LogP) is -0.0712. The van der Waals surface area contributed by atoms with E-state index in [4.69, 9.17) is 0 Å². The molecule has 0 spiro atoms. The predicted molar refractivity (Wildman–Crippen MR) is 75.0 cm³/mol. The van der Waals surface area contributed by atoms with Gasteiger partial charge in [-0.05, 0) is 19.9 Å². The minimum Gasteiger partial charge on any atom is -0.335 e. The molecule has 0 bridgehead atoms. The summed E-state index contributed by atoms with van der Waals surface area (Å²) in [7, 11) is -3.17. The molecule has 7 nitrogen and oxygen atoms in total. The number of amides is 1. The molecule has 1 aromatic heterocycles. The largest absolute Gasteiger partial charge is 0.335 e. The monoisotopic (exact) mass is 300 g/mol. The summed E-state index contributed by atoms with van der Waals surface area (Å²) in [5, 5.41) is 4.26. The molecule has 0 radical (unpaired) electrons. The number of piperazine rings is 1. The molecule has 0 aliphatic carbocycles. The van der Waals surface area contributed by atoms with Crippen LogP contribution in [0.1, 0.15) is 23.1 Å². The highest BCUT2D eigenvalue weighted by atomic mass is 32.2. The van der Waals surface area contributed by atoms with Gasteiger partial charge in [0.25, 0.3) is 5.91 Å². The number of aromatic nitrogens is 2. The second-order valence-corrected chi connectivity index (χ2v) is 6.92. The number of hydrogen-bond donors (Lipinski definition) is 0. The molecule has 1 aliphatic heterocycles. The molecular formula is C12H20N4O3S. The first kappa shape index (κ1) is 15.0. The van der Waals surface area contributed by atoms with Gasteiger partial charge in [0.2, 0.25) is 10.0 Å². The molecule has 2 rings (SSSR count). The Morgan fingerprint density at radius 1 is 1.30 bits per heavy atom. The highest BCUT2D eigenvalue weighted by molar-refractivity contribution is 7.88. The minimum absolute atomic E-state index is 0.0828. The molecule has 112 valence electrons. The van der Waals surface area contributed by atoms with Crippen LogP contribution < -0.4 is 0 Å². The topological polar surface area (TPSA) is 75.5 Å². The fraction of sp³-hybridized carbons (Fsp3) is 0.667. The molecule has 0 atom stereocenters. The van der Waals surface area contributed by atoms with Gasteiger partial charge in [0, 0.05) is 32.7 Å². The molecule has 0 N–H and O–H groups in total. The average molecular weight is 300 g/mol. The second-order valence-electron chi connectivity index (χ2n) is 4.94. The van der Waals surface area contributed by atoms with Gasteiger partial charge in [-0.1, -0.05) is 0 Å². The normalized spacial score (nSPS) is 17.4. The number of aryl methyl sites for hydroxylation is 2. The van der Waals surface area contributed by atoms with Crippen molar-refractivity contribution in [2.24, 2.45) is 0 Å². The molecule has 1 saturated heterocycles. The van der Waals surface area contributed by atoms with Gasteiger partial charge in [-0.15, -0.1) is 0 Å². The van der Waals surface area contributed by atoms with Crippen molar-refractivity contribution in [3.8, 4) is 0 Å². The zero-order valence-electron chi connectivity index (χ0n) is 12.0. The van der Waals surface area contributed by atoms with E-state index >= 15 is 0 Å². The minimum atomic E-state index is -3.17. The molecule has 0 aromatic carbocycles. The Bertz CT molecular complexity index is 600. The van der Waals surface area contributed by atoms with E-state index in [1.807, 2.05) is 13.8 Å². The quantitative estimate of drug-likeness (QED) is 0.783. The Labute approximate surface area is 119 Å². The fourth-order valence-corrected chi connectivity index (χ4v) is 3.17. The van der Waals surface area contributed by atoms with Crippen LogP contribution in [0.25, 0.3) is 0 Å². The average Bonchev–Trinajstić information content (AvgIpc) is 2.78. The third kappa shape index (κ3) is 3.01. The van der Waals surface area contributed by atoms with Gasteiger partial charge in [-0.3, -0.25) is 9.48 Å². The van der Waals surface area contributed by atoms with Crippen molar-refractivity contribution in [3.63, 3.8) is 0 Å². The van der Waals surface area contributed by atoms with Crippen LogP contribution in [0.4, 0.5) is 0 Å². The van der Waals surface area contributed by atoms with E-state index in [2.05, 4.69) is 5.10 Å². The lowest BCUT2D eigenvalue weighted by Crippen LogP contribution is -2.50. The van der Waals surface area contributed by atoms with Crippen molar-refractivity contribution in [2.75, 3.05) is 32.4 Å². The van der Waals surface area contributed by atoms with Gasteiger partial charge in [0.1, 0.15) is 5.69 Å². The Morgan fingerprint density at radius 3 is 2.40 bits per heavy atom. The van der Waals surface area contributed by atoms with E-state index in [0.29, 0.717) is 38.4 Å². The third-order valence-electron chi connectivity index (χ3n) is 3.42. The summed E-state index contributed by atoms with van der Waals surface area (Å²) in [5.74, 6) is -0.0828. The van der Waals surface area contributed by atoms with Crippen molar-refractivity contribution >= 4 is 15.9 Å². The van der Waals surface area contributed by atoms with E-state index < -0.39 is 10.0 Å². The third-order valence-corrected chi connectivity index (χ3v) is 4.72. The number of carbonyl (C=O) groups excluding carboxylic acids is 1. The molecule has 1 aromatic rings. The molecule has 1 fully saturated rings. The number of sulfonamides is 1. The lowest BCUT2D eigenvalue weighted by atomic mass is 10.3. The first-order chi connectivity index (χ1) is 9.32. The zero-order valence-corrected chi connectivity index (χ0v) is 12.9. The van der Waals surface area contributed by atoms with Crippen LogP contribution in [0, 0.1) is 6.92 Å². The lowest BCUT2D eigenvalue weighted by molar-refractivity contribution is 0.0685. The maximum absolute atomic E-state index is 12.4. The van der Waals surface area contributed by atoms with E-state index in [9.17, 15) is 13.2 Å². The fourth-order valence-electron chi connectivity index (χ4n) is 2.34. The second kappa shape index (κ2) is 5.53. The molecule has 0 saturated carbocycles. The van der Waals surface area contributed by atoms with Crippen molar-refractivity contribution in [3.05, 3.63) is 17.5 Å². The van der Waals surface area contributed by atoms with Crippen molar-refractivity contribution in [1.82, 2.24) is 19.0 Å². The lowest BCUT2D eigenvalue weighted by Gasteiger charge is -2.33. The Kier molecular flexibility index (Phi) is 4.14. The van der Waals surface area contributed by atoms with Gasteiger partial charge in [0.15, 0.2) is 0 Å². The van der Waals surface area contributed by atoms with E-state index in [-0.39, 0.29) is 5.91 Å². The van der Waals surface area contributed by atoms with Crippen LogP contribution in [0.15, 0.2) is 6.07 Å². The van der Waals surface area contributed by atoms with Crippen LogP contribution >= 0.6 is 0 Å². The van der Waals surface area contributed by atoms with Crippen molar-refractivity contribution < 1.29 is 13.2 Å². The van der Waals surface area contributed by atoms with Crippen LogP contribution in [0.3, 0.4) is 0 Å². The summed E-state index contributed by atoms with van der Waals surface area (Å²) in [6.07, 6.45) is 1.19. The summed E-state index contributed by atoms with van der Waals surface area (Å²) < 4.78 is 26.0. The highest BCUT2D eigenvalue weighted by Gasteiger charge is 2.28. The zero-order chi connectivity index (χ0) is 14.9. The molecule has 0 unspecified atom stereocenters. The molecule has 2 heterocycles. The van der Waals surface area contributed by atoms with Gasteiger partial charge in [0.05, 0.1) is 11.9 Å². The standard InChI is InChI=1S/C12H20N4O3S/c1-4-16-11(9-10(2)13-16)12(17)14-5-7-15(8-6-14)20(3,18)19/h9H,4-8H2,1-3H3. The summed E-state index contributed by atoms with van der Waals surface area (Å²) in [6.45, 7) is 5.96. The number of hydrogen-bond acceptors (Lipinski definition) is 4. The molecule has 1 amide bonds. The molecule has 20 heavy (non-hydrogen) atoms. The molecular weight excluding hydrogens is 280 g/mol. The van der Waals surface area contributed by atoms with Crippen LogP contribution in [-0.2, 0) is 16.6 Å². The van der Waals surface area contributed by atoms with Crippen molar-refractivity contribution in [1.29, 1.82) is 0 Å². The Morgan fingerprint density at radius 2 is 1.90 bits per heavy atom. The van der Waals surface area contributed by atoms with E-state index in [1.54, 1.807) is 15.6 Å². The van der Waals surface area contributed by atoms with Gasteiger partial charge in [-0.25, -0.2) is 8.42 Å². The smallest absolute Gasteiger partial charge is 0.272 e. The maximum atomic E-state index is 12.4. The summed E-state index contributed by atoms with van der Waals surface area (Å²) in [5.41, 5.74) is 1.38. The number of rotatable bonds is 3. The summed E-state index contributed by atoms with van der Waals surface area (Å²) >= 11 is 0. The Hall–Kier alpha value is -1.41. The van der Waals surface area contributed by atoms with Crippen molar-refractivity contribution in [2.45, 2.75) is 20.4 Å². The molecule has 8 heteroatoms. The first-order valence-electron chi connectivity index (χ1n) is 6.61. The van der Waals surface area contributed by atoms with Crippen LogP contribution in [0.5, 0.6) is 0 Å². The first-order valence-corrected chi connectivity index (χ1v) is 8.46. The van der Waals surface area contributed by atoms with Gasteiger partial charge >= 0.3 is 0 Å². The van der Waals surface area contributed by atoms with Gasteiger partial charge < -0.3 is 4.90 Å². The SMILES string of the molecule is CCn1nc(C)cc1C(=O)N1CCN(S(C)(=O)=O)CC1. The van der Waals surface area contributed by atoms with E-state index in [1.165, 1.54) is 10.6 Å².